The molecule has 8 unspecified atom stereocenters. The molecule has 25 atom stereocenters. The van der Waals surface area contributed by atoms with Crippen molar-refractivity contribution in [3.63, 3.8) is 0 Å². The number of carbonyl (C=O) groups is 1. The molecular formula is C43H68O17. The minimum atomic E-state index is -1.71. The van der Waals surface area contributed by atoms with Gasteiger partial charge in [-0.05, 0) is 85.4 Å². The first kappa shape index (κ1) is 44.2. The van der Waals surface area contributed by atoms with Crippen LogP contribution in [0.2, 0.25) is 0 Å². The van der Waals surface area contributed by atoms with Gasteiger partial charge in [0.1, 0.15) is 66.8 Å². The molecule has 4 saturated carbocycles. The monoisotopic (exact) mass is 856 g/mol. The molecule has 342 valence electrons. The molecule has 0 aromatic rings. The summed E-state index contributed by atoms with van der Waals surface area (Å²) in [5.74, 6) is 1.79. The van der Waals surface area contributed by atoms with Gasteiger partial charge in [0, 0.05) is 24.7 Å². The SMILES string of the molecule is CC1CC[C@@]2(OC1)OC1CC3C4CC(=O)C5C[C@@H](O[C@@H]6O[C@H](CO[C@@H]7OC[C@H](O)[C@@H](O)[C@H]7O)[C@@H](O[C@@H]7OC[C@@H](O)[C@H](O)[C@H]7O)[C@H](O)[C@H]6O)CC[C@]5(C)C4CC[C@]3(C)C1C2C. The summed E-state index contributed by atoms with van der Waals surface area (Å²) in [4.78, 5) is 14.4. The lowest BCUT2D eigenvalue weighted by Gasteiger charge is -2.60. The first-order chi connectivity index (χ1) is 28.5. The summed E-state index contributed by atoms with van der Waals surface area (Å²) >= 11 is 0. The molecule has 9 rings (SSSR count). The van der Waals surface area contributed by atoms with Crippen molar-refractivity contribution in [2.24, 2.45) is 52.3 Å². The minimum Gasteiger partial charge on any atom is -0.388 e. The molecule has 5 aliphatic heterocycles. The van der Waals surface area contributed by atoms with Gasteiger partial charge in [-0.25, -0.2) is 0 Å². The van der Waals surface area contributed by atoms with E-state index in [9.17, 15) is 45.6 Å². The summed E-state index contributed by atoms with van der Waals surface area (Å²) in [6, 6.07) is 0. The smallest absolute Gasteiger partial charge is 0.186 e. The molecule has 0 aromatic heterocycles. The summed E-state index contributed by atoms with van der Waals surface area (Å²) in [6.07, 6.45) is -12.5. The topological polar surface area (TPSA) is 253 Å². The fourth-order valence-electron chi connectivity index (χ4n) is 13.8. The number of aliphatic hydroxyl groups excluding tert-OH is 8. The van der Waals surface area contributed by atoms with Crippen molar-refractivity contribution in [1.29, 1.82) is 0 Å². The number of Topliss-reactive ketones (excluding diaryl/α,β-unsaturated/α-hetero) is 1. The van der Waals surface area contributed by atoms with Gasteiger partial charge in [-0.2, -0.15) is 0 Å². The second kappa shape index (κ2) is 16.5. The number of rotatable bonds is 7. The average molecular weight is 857 g/mol. The van der Waals surface area contributed by atoms with Crippen molar-refractivity contribution in [3.05, 3.63) is 0 Å². The van der Waals surface area contributed by atoms with Crippen LogP contribution in [-0.4, -0.2) is 171 Å². The number of ketones is 1. The van der Waals surface area contributed by atoms with Crippen LogP contribution in [-0.2, 0) is 42.7 Å². The molecule has 0 aromatic carbocycles. The molecule has 17 heteroatoms. The maximum atomic E-state index is 14.4. The summed E-state index contributed by atoms with van der Waals surface area (Å²) in [5.41, 5.74) is -0.152. The van der Waals surface area contributed by atoms with Crippen molar-refractivity contribution in [3.8, 4) is 0 Å². The number of fused-ring (bicyclic) bond motifs is 7. The lowest BCUT2D eigenvalue weighted by Crippen LogP contribution is -2.64. The van der Waals surface area contributed by atoms with Crippen LogP contribution in [0.25, 0.3) is 0 Å². The number of ether oxygens (including phenoxy) is 8. The Morgan fingerprint density at radius 2 is 1.37 bits per heavy atom. The summed E-state index contributed by atoms with van der Waals surface area (Å²) in [6.45, 7) is 8.90. The van der Waals surface area contributed by atoms with Crippen LogP contribution in [0, 0.1) is 52.3 Å². The van der Waals surface area contributed by atoms with Gasteiger partial charge in [-0.15, -0.1) is 0 Å². The number of aliphatic hydroxyl groups is 8. The maximum absolute atomic E-state index is 14.4. The molecule has 9 fully saturated rings. The van der Waals surface area contributed by atoms with Gasteiger partial charge < -0.3 is 78.7 Å². The van der Waals surface area contributed by atoms with Crippen molar-refractivity contribution < 1.29 is 83.5 Å². The maximum Gasteiger partial charge on any atom is 0.186 e. The number of hydrogen-bond donors (Lipinski definition) is 8. The second-order valence-corrected chi connectivity index (χ2v) is 20.6. The lowest BCUT2D eigenvalue weighted by molar-refractivity contribution is -0.361. The first-order valence-electron chi connectivity index (χ1n) is 22.6. The highest BCUT2D eigenvalue weighted by Gasteiger charge is 2.70. The van der Waals surface area contributed by atoms with Crippen LogP contribution in [0.5, 0.6) is 0 Å². The standard InChI is InChI=1S/C43H68O17/c1-18-5-10-43(56-14-18)19(2)30-28(60-43)13-23-21-12-25(44)24-11-20(6-8-41(24,3)22(21)7-9-42(23,30)4)57-40-36(52)33(49)37(59-39-35(51)32(48)27(46)16-54-39)29(58-40)17-55-38-34(50)31(47)26(45)15-53-38/h18-24,26-40,45-52H,5-17H2,1-4H3/t18?,19?,20-,21?,22?,23?,24?,26-,27+,28?,29+,30?,31+,32-,33+,34+,35+,36+,37+,38-,39-,40+,41+,42-,43+/m0/s1. The van der Waals surface area contributed by atoms with Crippen molar-refractivity contribution in [2.75, 3.05) is 26.4 Å². The minimum absolute atomic E-state index is 0.0760. The van der Waals surface area contributed by atoms with Gasteiger partial charge in [0.15, 0.2) is 24.7 Å². The highest BCUT2D eigenvalue weighted by Crippen LogP contribution is 2.71. The van der Waals surface area contributed by atoms with Crippen LogP contribution in [0.4, 0.5) is 0 Å². The van der Waals surface area contributed by atoms with E-state index in [1.807, 2.05) is 0 Å². The zero-order valence-electron chi connectivity index (χ0n) is 35.1. The zero-order chi connectivity index (χ0) is 42.6. The number of hydrogen-bond acceptors (Lipinski definition) is 17. The molecule has 5 saturated heterocycles. The molecule has 8 N–H and O–H groups in total. The molecular weight excluding hydrogens is 788 g/mol. The highest BCUT2D eigenvalue weighted by atomic mass is 16.8. The van der Waals surface area contributed by atoms with Gasteiger partial charge in [0.05, 0.1) is 38.6 Å². The van der Waals surface area contributed by atoms with Crippen molar-refractivity contribution in [2.45, 2.75) is 183 Å². The molecule has 0 amide bonds. The van der Waals surface area contributed by atoms with E-state index in [1.165, 1.54) is 0 Å². The molecule has 5 heterocycles. The molecule has 0 bridgehead atoms. The predicted octanol–water partition coefficient (Wildman–Crippen LogP) is -0.276. The van der Waals surface area contributed by atoms with Crippen LogP contribution in [0.1, 0.15) is 85.5 Å². The van der Waals surface area contributed by atoms with E-state index in [0.29, 0.717) is 48.9 Å². The molecule has 17 nitrogen and oxygen atoms in total. The zero-order valence-corrected chi connectivity index (χ0v) is 35.1. The normalized spacial score (nSPS) is 58.0. The van der Waals surface area contributed by atoms with Crippen LogP contribution < -0.4 is 0 Å². The Bertz CT molecular complexity index is 1550. The molecule has 60 heavy (non-hydrogen) atoms. The Morgan fingerprint density at radius 3 is 2.07 bits per heavy atom. The van der Waals surface area contributed by atoms with Gasteiger partial charge in [-0.1, -0.05) is 27.7 Å². The highest BCUT2D eigenvalue weighted by molar-refractivity contribution is 5.83. The Morgan fingerprint density at radius 1 is 0.700 bits per heavy atom. The largest absolute Gasteiger partial charge is 0.388 e. The summed E-state index contributed by atoms with van der Waals surface area (Å²) in [7, 11) is 0. The molecule has 0 radical (unpaired) electrons. The third-order valence-electron chi connectivity index (χ3n) is 17.3. The second-order valence-electron chi connectivity index (χ2n) is 20.6. The molecule has 1 spiro atoms. The van der Waals surface area contributed by atoms with E-state index in [0.717, 1.165) is 45.1 Å². The van der Waals surface area contributed by atoms with E-state index in [4.69, 9.17) is 37.9 Å². The van der Waals surface area contributed by atoms with Gasteiger partial charge in [0.2, 0.25) is 0 Å². The van der Waals surface area contributed by atoms with E-state index in [2.05, 4.69) is 27.7 Å². The Hall–Kier alpha value is -0.970. The molecule has 9 aliphatic rings. The average Bonchev–Trinajstić information content (AvgIpc) is 3.67. The van der Waals surface area contributed by atoms with E-state index >= 15 is 0 Å². The van der Waals surface area contributed by atoms with E-state index in [-0.39, 0.29) is 47.8 Å². The Kier molecular flexibility index (Phi) is 12.1. The fourth-order valence-corrected chi connectivity index (χ4v) is 13.8. The quantitative estimate of drug-likeness (QED) is 0.153. The number of carbonyl (C=O) groups excluding carboxylic acids is 1. The van der Waals surface area contributed by atoms with Crippen molar-refractivity contribution in [1.82, 2.24) is 0 Å². The van der Waals surface area contributed by atoms with E-state index < -0.39 is 98.4 Å². The van der Waals surface area contributed by atoms with Crippen LogP contribution >= 0.6 is 0 Å². The van der Waals surface area contributed by atoms with Gasteiger partial charge in [0.25, 0.3) is 0 Å². The lowest BCUT2D eigenvalue weighted by atomic mass is 9.44. The Balaban J connectivity index is 0.871. The van der Waals surface area contributed by atoms with Gasteiger partial charge >= 0.3 is 0 Å². The third-order valence-corrected chi connectivity index (χ3v) is 17.3. The Labute approximate surface area is 350 Å². The van der Waals surface area contributed by atoms with Crippen LogP contribution in [0.15, 0.2) is 0 Å². The third kappa shape index (κ3) is 7.26. The van der Waals surface area contributed by atoms with E-state index in [1.54, 1.807) is 0 Å². The fraction of sp³-hybridized carbons (Fsp3) is 0.977. The predicted molar refractivity (Wildman–Crippen MR) is 204 cm³/mol. The summed E-state index contributed by atoms with van der Waals surface area (Å²) in [5, 5.41) is 84.3. The van der Waals surface area contributed by atoms with Gasteiger partial charge in [-0.3, -0.25) is 4.79 Å². The summed E-state index contributed by atoms with van der Waals surface area (Å²) < 4.78 is 48.5. The van der Waals surface area contributed by atoms with Crippen LogP contribution in [0.3, 0.4) is 0 Å². The first-order valence-corrected chi connectivity index (χ1v) is 22.6. The molecule has 4 aliphatic carbocycles. The van der Waals surface area contributed by atoms with Crippen molar-refractivity contribution >= 4 is 5.78 Å².